The van der Waals surface area contributed by atoms with Gasteiger partial charge in [-0.3, -0.25) is 9.52 Å². The molecule has 0 aromatic heterocycles. The van der Waals surface area contributed by atoms with Gasteiger partial charge in [-0.2, -0.15) is 0 Å². The first-order valence-corrected chi connectivity index (χ1v) is 12.0. The molecule has 172 valence electrons. The second kappa shape index (κ2) is 9.13. The molecule has 0 aliphatic carbocycles. The zero-order valence-corrected chi connectivity index (χ0v) is 18.8. The van der Waals surface area contributed by atoms with Crippen LogP contribution in [0.1, 0.15) is 18.4 Å². The van der Waals surface area contributed by atoms with Crippen molar-refractivity contribution in [3.05, 3.63) is 66.2 Å². The molecule has 4 rings (SSSR count). The SMILES string of the molecule is Cc1ccc(S(=O)(=O)Nc2cccc(-c3cccc(NC(=O)C4CCCN4)c3O)c2O)cc1. The molecule has 1 aliphatic rings. The molecule has 0 spiro atoms. The summed E-state index contributed by atoms with van der Waals surface area (Å²) in [6.07, 6.45) is 1.62. The predicted octanol–water partition coefficient (Wildman–Crippen LogP) is 3.56. The van der Waals surface area contributed by atoms with Crippen molar-refractivity contribution in [2.45, 2.75) is 30.7 Å². The first-order valence-electron chi connectivity index (χ1n) is 10.5. The predicted molar refractivity (Wildman–Crippen MR) is 127 cm³/mol. The third kappa shape index (κ3) is 4.79. The van der Waals surface area contributed by atoms with E-state index in [2.05, 4.69) is 15.4 Å². The molecule has 0 bridgehead atoms. The second-order valence-corrected chi connectivity index (χ2v) is 9.64. The van der Waals surface area contributed by atoms with Crippen LogP contribution in [0.3, 0.4) is 0 Å². The first kappa shape index (κ1) is 22.6. The molecule has 1 atom stereocenters. The maximum Gasteiger partial charge on any atom is 0.262 e. The molecule has 0 saturated carbocycles. The second-order valence-electron chi connectivity index (χ2n) is 7.96. The third-order valence-corrected chi connectivity index (χ3v) is 6.95. The molecule has 1 fully saturated rings. The van der Waals surface area contributed by atoms with Gasteiger partial charge in [-0.1, -0.05) is 42.0 Å². The van der Waals surface area contributed by atoms with E-state index in [0.717, 1.165) is 24.9 Å². The lowest BCUT2D eigenvalue weighted by atomic mass is 10.0. The Labute approximate surface area is 192 Å². The number of amides is 1. The van der Waals surface area contributed by atoms with Crippen LogP contribution in [0.15, 0.2) is 65.6 Å². The van der Waals surface area contributed by atoms with Crippen LogP contribution in [0.2, 0.25) is 0 Å². The van der Waals surface area contributed by atoms with Crippen LogP contribution in [0.25, 0.3) is 11.1 Å². The molecular weight excluding hydrogens is 442 g/mol. The molecule has 3 aromatic rings. The van der Waals surface area contributed by atoms with Crippen LogP contribution < -0.4 is 15.4 Å². The number of carbonyl (C=O) groups is 1. The zero-order valence-electron chi connectivity index (χ0n) is 18.0. The monoisotopic (exact) mass is 467 g/mol. The van der Waals surface area contributed by atoms with E-state index < -0.39 is 10.0 Å². The van der Waals surface area contributed by atoms with Crippen LogP contribution in [-0.4, -0.2) is 37.1 Å². The summed E-state index contributed by atoms with van der Waals surface area (Å²) in [6.45, 7) is 2.62. The normalized spacial score (nSPS) is 15.8. The molecule has 8 nitrogen and oxygen atoms in total. The van der Waals surface area contributed by atoms with Crippen LogP contribution in [0.5, 0.6) is 11.5 Å². The number of phenolic OH excluding ortho intramolecular Hbond substituents is 2. The van der Waals surface area contributed by atoms with Crippen molar-refractivity contribution < 1.29 is 23.4 Å². The number of para-hydroxylation sites is 2. The van der Waals surface area contributed by atoms with Gasteiger partial charge in [-0.25, -0.2) is 8.42 Å². The maximum atomic E-state index is 12.8. The van der Waals surface area contributed by atoms with E-state index >= 15 is 0 Å². The Bertz CT molecular complexity index is 1280. The number of hydrogen-bond donors (Lipinski definition) is 5. The van der Waals surface area contributed by atoms with Gasteiger partial charge >= 0.3 is 0 Å². The Morgan fingerprint density at radius 1 is 0.939 bits per heavy atom. The van der Waals surface area contributed by atoms with Gasteiger partial charge in [0, 0.05) is 11.1 Å². The van der Waals surface area contributed by atoms with Crippen molar-refractivity contribution in [3.8, 4) is 22.6 Å². The van der Waals surface area contributed by atoms with Crippen molar-refractivity contribution in [2.75, 3.05) is 16.6 Å². The summed E-state index contributed by atoms with van der Waals surface area (Å²) in [4.78, 5) is 12.5. The minimum Gasteiger partial charge on any atom is -0.505 e. The molecule has 9 heteroatoms. The Morgan fingerprint density at radius 3 is 2.15 bits per heavy atom. The highest BCUT2D eigenvalue weighted by Gasteiger charge is 2.24. The lowest BCUT2D eigenvalue weighted by Crippen LogP contribution is -2.35. The van der Waals surface area contributed by atoms with E-state index in [0.29, 0.717) is 0 Å². The first-order chi connectivity index (χ1) is 15.8. The lowest BCUT2D eigenvalue weighted by molar-refractivity contribution is -0.117. The van der Waals surface area contributed by atoms with E-state index in [1.807, 2.05) is 6.92 Å². The standard InChI is InChI=1S/C24H25N3O5S/c1-15-10-12-16(13-11-15)33(31,32)27-20-8-3-6-18(23(20)29)17-5-2-7-19(22(17)28)26-24(30)21-9-4-14-25-21/h2-3,5-8,10-13,21,25,27-29H,4,9,14H2,1H3,(H,26,30). The van der Waals surface area contributed by atoms with Crippen LogP contribution in [0.4, 0.5) is 11.4 Å². The van der Waals surface area contributed by atoms with Crippen molar-refractivity contribution in [1.29, 1.82) is 0 Å². The van der Waals surface area contributed by atoms with Crippen molar-refractivity contribution >= 4 is 27.3 Å². The molecule has 1 unspecified atom stereocenters. The minimum atomic E-state index is -3.93. The maximum absolute atomic E-state index is 12.8. The summed E-state index contributed by atoms with van der Waals surface area (Å²) in [5.74, 6) is -0.814. The highest BCUT2D eigenvalue weighted by Crippen LogP contribution is 2.42. The number of sulfonamides is 1. The van der Waals surface area contributed by atoms with Crippen molar-refractivity contribution in [1.82, 2.24) is 5.32 Å². The molecular formula is C24H25N3O5S. The molecule has 1 heterocycles. The van der Waals surface area contributed by atoms with Gasteiger partial charge in [0.05, 0.1) is 22.3 Å². The number of rotatable bonds is 6. The number of hydrogen-bond acceptors (Lipinski definition) is 6. The molecule has 33 heavy (non-hydrogen) atoms. The number of aromatic hydroxyl groups is 2. The number of carbonyl (C=O) groups excluding carboxylic acids is 1. The molecule has 5 N–H and O–H groups in total. The molecule has 1 saturated heterocycles. The fourth-order valence-corrected chi connectivity index (χ4v) is 4.82. The van der Waals surface area contributed by atoms with E-state index in [-0.39, 0.29) is 50.8 Å². The summed E-state index contributed by atoms with van der Waals surface area (Å²) < 4.78 is 27.9. The van der Waals surface area contributed by atoms with Gasteiger partial charge in [-0.15, -0.1) is 0 Å². The van der Waals surface area contributed by atoms with E-state index in [4.69, 9.17) is 0 Å². The number of anilines is 2. The number of phenols is 2. The van der Waals surface area contributed by atoms with Gasteiger partial charge in [0.25, 0.3) is 10.0 Å². The fraction of sp³-hybridized carbons (Fsp3) is 0.208. The largest absolute Gasteiger partial charge is 0.505 e. The van der Waals surface area contributed by atoms with Crippen LogP contribution >= 0.6 is 0 Å². The summed E-state index contributed by atoms with van der Waals surface area (Å²) in [5.41, 5.74) is 1.56. The molecule has 1 amide bonds. The highest BCUT2D eigenvalue weighted by atomic mass is 32.2. The van der Waals surface area contributed by atoms with Gasteiger partial charge in [0.1, 0.15) is 11.5 Å². The quantitative estimate of drug-likeness (QED) is 0.353. The van der Waals surface area contributed by atoms with Gasteiger partial charge in [0.2, 0.25) is 5.91 Å². The summed E-state index contributed by atoms with van der Waals surface area (Å²) in [5, 5.41) is 27.4. The Balaban J connectivity index is 1.63. The Kier molecular flexibility index (Phi) is 6.26. The average molecular weight is 468 g/mol. The lowest BCUT2D eigenvalue weighted by Gasteiger charge is -2.16. The van der Waals surface area contributed by atoms with Crippen molar-refractivity contribution in [3.63, 3.8) is 0 Å². The number of nitrogens with one attached hydrogen (secondary N) is 3. The highest BCUT2D eigenvalue weighted by molar-refractivity contribution is 7.92. The van der Waals surface area contributed by atoms with Crippen LogP contribution in [0, 0.1) is 6.92 Å². The molecule has 1 aliphatic heterocycles. The summed E-state index contributed by atoms with van der Waals surface area (Å²) in [6, 6.07) is 15.3. The smallest absolute Gasteiger partial charge is 0.262 e. The zero-order chi connectivity index (χ0) is 23.6. The molecule has 3 aromatic carbocycles. The topological polar surface area (TPSA) is 128 Å². The minimum absolute atomic E-state index is 0.0305. The Morgan fingerprint density at radius 2 is 1.55 bits per heavy atom. The van der Waals surface area contributed by atoms with Crippen molar-refractivity contribution in [2.24, 2.45) is 0 Å². The van der Waals surface area contributed by atoms with E-state index in [1.54, 1.807) is 42.5 Å². The van der Waals surface area contributed by atoms with Gasteiger partial charge < -0.3 is 20.8 Å². The summed E-state index contributed by atoms with van der Waals surface area (Å²) in [7, 11) is -3.93. The third-order valence-electron chi connectivity index (χ3n) is 5.57. The van der Waals surface area contributed by atoms with Gasteiger partial charge in [0.15, 0.2) is 0 Å². The average Bonchev–Trinajstić information content (AvgIpc) is 3.32. The fourth-order valence-electron chi connectivity index (χ4n) is 3.75. The molecule has 0 radical (unpaired) electrons. The Hall–Kier alpha value is -3.56. The number of aryl methyl sites for hydroxylation is 1. The van der Waals surface area contributed by atoms with Gasteiger partial charge in [-0.05, 0) is 50.6 Å². The van der Waals surface area contributed by atoms with E-state index in [9.17, 15) is 23.4 Å². The number of benzene rings is 3. The summed E-state index contributed by atoms with van der Waals surface area (Å²) >= 11 is 0. The van der Waals surface area contributed by atoms with E-state index in [1.165, 1.54) is 18.2 Å². The van der Waals surface area contributed by atoms with Crippen LogP contribution in [-0.2, 0) is 14.8 Å².